The van der Waals surface area contributed by atoms with Crippen LogP contribution in [0.3, 0.4) is 0 Å². The molecule has 7 nitrogen and oxygen atoms in total. The zero-order valence-electron chi connectivity index (χ0n) is 17.0. The molecule has 2 aliphatic heterocycles. The number of rotatable bonds is 6. The summed E-state index contributed by atoms with van der Waals surface area (Å²) < 4.78 is 5.35. The fraction of sp³-hybridized carbons (Fsp3) is 0.619. The molecule has 1 amide bonds. The van der Waals surface area contributed by atoms with Gasteiger partial charge in [0.1, 0.15) is 5.54 Å². The van der Waals surface area contributed by atoms with Crippen LogP contribution in [0, 0.1) is 12.8 Å². The Morgan fingerprint density at radius 1 is 1.29 bits per heavy atom. The summed E-state index contributed by atoms with van der Waals surface area (Å²) in [7, 11) is 1.81. The Balaban J connectivity index is 1.75. The molecule has 0 spiro atoms. The second kappa shape index (κ2) is 8.59. The molecule has 7 heteroatoms. The number of carbonyl (C=O) groups is 2. The first kappa shape index (κ1) is 20.8. The van der Waals surface area contributed by atoms with Gasteiger partial charge < -0.3 is 15.2 Å². The summed E-state index contributed by atoms with van der Waals surface area (Å²) in [5.74, 6) is -1.37. The third-order valence-corrected chi connectivity index (χ3v) is 6.33. The molecule has 2 N–H and O–H groups in total. The van der Waals surface area contributed by atoms with Gasteiger partial charge in [-0.1, -0.05) is 24.3 Å². The number of carboxylic acids is 1. The number of morpholine rings is 1. The van der Waals surface area contributed by atoms with Crippen molar-refractivity contribution in [2.75, 3.05) is 46.4 Å². The van der Waals surface area contributed by atoms with Crippen LogP contribution in [0.25, 0.3) is 0 Å². The molecule has 2 aliphatic rings. The monoisotopic (exact) mass is 389 g/mol. The van der Waals surface area contributed by atoms with Crippen LogP contribution >= 0.6 is 0 Å². The van der Waals surface area contributed by atoms with Gasteiger partial charge in [-0.25, -0.2) is 0 Å². The van der Waals surface area contributed by atoms with Crippen LogP contribution in [0.5, 0.6) is 0 Å². The fourth-order valence-corrected chi connectivity index (χ4v) is 4.37. The standard InChI is InChI=1S/C21H31N3O4/c1-15-6-4-5-7-16(15)18-17(14-21(2,20(26)27)23(18)3)19(25)22-8-9-24-10-12-28-13-11-24/h4-7,17-18H,8-14H2,1-3H3,(H,22,25)(H,26,27)/t17-,18-,21-/m1/s1. The molecular formula is C21H31N3O4. The molecule has 28 heavy (non-hydrogen) atoms. The Hall–Kier alpha value is -1.96. The number of hydrogen-bond acceptors (Lipinski definition) is 5. The minimum Gasteiger partial charge on any atom is -0.480 e. The summed E-state index contributed by atoms with van der Waals surface area (Å²) in [5, 5.41) is 12.9. The van der Waals surface area contributed by atoms with E-state index in [1.54, 1.807) is 6.92 Å². The van der Waals surface area contributed by atoms with Crippen molar-refractivity contribution in [2.24, 2.45) is 5.92 Å². The number of hydrogen-bond donors (Lipinski definition) is 2. The van der Waals surface area contributed by atoms with E-state index in [0.717, 1.165) is 44.0 Å². The second-order valence-electron chi connectivity index (χ2n) is 8.05. The smallest absolute Gasteiger partial charge is 0.323 e. The van der Waals surface area contributed by atoms with Gasteiger partial charge in [0.25, 0.3) is 0 Å². The van der Waals surface area contributed by atoms with Crippen LogP contribution in [0.2, 0.25) is 0 Å². The van der Waals surface area contributed by atoms with E-state index in [2.05, 4.69) is 10.2 Å². The van der Waals surface area contributed by atoms with Crippen molar-refractivity contribution in [3.63, 3.8) is 0 Å². The largest absolute Gasteiger partial charge is 0.480 e. The maximum atomic E-state index is 13.1. The van der Waals surface area contributed by atoms with Crippen LogP contribution in [0.4, 0.5) is 0 Å². The number of likely N-dealkylation sites (N-methyl/N-ethyl adjacent to an activating group) is 1. The number of nitrogens with zero attached hydrogens (tertiary/aromatic N) is 2. The van der Waals surface area contributed by atoms with Gasteiger partial charge in [-0.05, 0) is 38.4 Å². The number of nitrogens with one attached hydrogen (secondary N) is 1. The SMILES string of the molecule is Cc1ccccc1[C@@H]1[C@H](C(=O)NCCN2CCOCC2)C[C@](C)(C(=O)O)N1C. The highest BCUT2D eigenvalue weighted by molar-refractivity contribution is 5.85. The number of ether oxygens (including phenoxy) is 1. The maximum Gasteiger partial charge on any atom is 0.323 e. The van der Waals surface area contributed by atoms with E-state index in [1.165, 1.54) is 0 Å². The average Bonchev–Trinajstić information content (AvgIpc) is 2.96. The number of carbonyl (C=O) groups excluding carboxylic acids is 1. The minimum atomic E-state index is -1.07. The van der Waals surface area contributed by atoms with Crippen molar-refractivity contribution in [1.82, 2.24) is 15.1 Å². The lowest BCUT2D eigenvalue weighted by Gasteiger charge is -2.32. The van der Waals surface area contributed by atoms with Crippen LogP contribution in [-0.4, -0.2) is 78.8 Å². The van der Waals surface area contributed by atoms with E-state index in [-0.39, 0.29) is 11.9 Å². The lowest BCUT2D eigenvalue weighted by molar-refractivity contribution is -0.148. The number of aryl methyl sites for hydroxylation is 1. The number of carboxylic acid groups (broad SMARTS) is 1. The minimum absolute atomic E-state index is 0.0710. The van der Waals surface area contributed by atoms with Crippen molar-refractivity contribution in [2.45, 2.75) is 31.8 Å². The lowest BCUT2D eigenvalue weighted by Crippen LogP contribution is -2.46. The number of aliphatic carboxylic acids is 1. The number of likely N-dealkylation sites (tertiary alicyclic amines) is 1. The molecule has 3 rings (SSSR count). The molecule has 1 aromatic carbocycles. The first-order valence-corrected chi connectivity index (χ1v) is 9.94. The molecule has 0 radical (unpaired) electrons. The summed E-state index contributed by atoms with van der Waals surface area (Å²) in [5.41, 5.74) is 1.02. The molecule has 0 saturated carbocycles. The summed E-state index contributed by atoms with van der Waals surface area (Å²) in [6, 6.07) is 7.65. The van der Waals surface area contributed by atoms with E-state index < -0.39 is 17.4 Å². The van der Waals surface area contributed by atoms with E-state index in [9.17, 15) is 14.7 Å². The van der Waals surface area contributed by atoms with Gasteiger partial charge in [-0.3, -0.25) is 19.4 Å². The summed E-state index contributed by atoms with van der Waals surface area (Å²) in [6.45, 7) is 8.28. The predicted octanol–water partition coefficient (Wildman–Crippen LogP) is 1.28. The van der Waals surface area contributed by atoms with Gasteiger partial charge in [-0.2, -0.15) is 0 Å². The zero-order valence-corrected chi connectivity index (χ0v) is 17.0. The van der Waals surface area contributed by atoms with Gasteiger partial charge in [0, 0.05) is 32.2 Å². The zero-order chi connectivity index (χ0) is 20.3. The lowest BCUT2D eigenvalue weighted by atomic mass is 9.88. The topological polar surface area (TPSA) is 82.1 Å². The van der Waals surface area contributed by atoms with E-state index in [1.807, 2.05) is 43.1 Å². The highest BCUT2D eigenvalue weighted by Crippen LogP contribution is 2.46. The summed E-state index contributed by atoms with van der Waals surface area (Å²) in [4.78, 5) is 29.2. The van der Waals surface area contributed by atoms with Gasteiger partial charge in [-0.15, -0.1) is 0 Å². The molecule has 1 aromatic rings. The quantitative estimate of drug-likeness (QED) is 0.763. The van der Waals surface area contributed by atoms with Gasteiger partial charge in [0.15, 0.2) is 0 Å². The Labute approximate surface area is 166 Å². The number of benzene rings is 1. The molecule has 2 fully saturated rings. The van der Waals surface area contributed by atoms with Crippen molar-refractivity contribution in [1.29, 1.82) is 0 Å². The average molecular weight is 389 g/mol. The summed E-state index contributed by atoms with van der Waals surface area (Å²) in [6.07, 6.45) is 0.293. The van der Waals surface area contributed by atoms with Crippen molar-refractivity contribution in [3.8, 4) is 0 Å². The highest BCUT2D eigenvalue weighted by atomic mass is 16.5. The van der Waals surface area contributed by atoms with E-state index in [0.29, 0.717) is 13.0 Å². The Morgan fingerprint density at radius 2 is 1.96 bits per heavy atom. The molecule has 2 saturated heterocycles. The maximum absolute atomic E-state index is 13.1. The molecule has 0 unspecified atom stereocenters. The molecule has 0 aliphatic carbocycles. The van der Waals surface area contributed by atoms with E-state index >= 15 is 0 Å². The third kappa shape index (κ3) is 4.06. The van der Waals surface area contributed by atoms with Gasteiger partial charge in [0.2, 0.25) is 5.91 Å². The highest BCUT2D eigenvalue weighted by Gasteiger charge is 2.54. The Morgan fingerprint density at radius 3 is 2.61 bits per heavy atom. The van der Waals surface area contributed by atoms with Crippen LogP contribution in [0.1, 0.15) is 30.5 Å². The summed E-state index contributed by atoms with van der Waals surface area (Å²) >= 11 is 0. The molecule has 3 atom stereocenters. The Bertz CT molecular complexity index is 719. The molecule has 0 bridgehead atoms. The first-order chi connectivity index (χ1) is 13.3. The molecule has 2 heterocycles. The van der Waals surface area contributed by atoms with Crippen LogP contribution in [-0.2, 0) is 14.3 Å². The van der Waals surface area contributed by atoms with Crippen molar-refractivity contribution < 1.29 is 19.4 Å². The first-order valence-electron chi connectivity index (χ1n) is 9.94. The fourth-order valence-electron chi connectivity index (χ4n) is 4.37. The van der Waals surface area contributed by atoms with Crippen molar-refractivity contribution >= 4 is 11.9 Å². The number of amides is 1. The normalized spacial score (nSPS) is 29.0. The molecular weight excluding hydrogens is 358 g/mol. The molecule has 154 valence electrons. The van der Waals surface area contributed by atoms with E-state index in [4.69, 9.17) is 4.74 Å². The van der Waals surface area contributed by atoms with Gasteiger partial charge >= 0.3 is 5.97 Å². The van der Waals surface area contributed by atoms with Crippen LogP contribution < -0.4 is 5.32 Å². The van der Waals surface area contributed by atoms with Crippen molar-refractivity contribution in [3.05, 3.63) is 35.4 Å². The molecule has 0 aromatic heterocycles. The second-order valence-corrected chi connectivity index (χ2v) is 8.05. The van der Waals surface area contributed by atoms with Crippen LogP contribution in [0.15, 0.2) is 24.3 Å². The van der Waals surface area contributed by atoms with Gasteiger partial charge in [0.05, 0.1) is 19.1 Å². The Kier molecular flexibility index (Phi) is 6.37. The third-order valence-electron chi connectivity index (χ3n) is 6.33. The predicted molar refractivity (Wildman–Crippen MR) is 106 cm³/mol.